The Balaban J connectivity index is 2.61. The van der Waals surface area contributed by atoms with E-state index in [9.17, 15) is 8.78 Å². The molecule has 0 atom stereocenters. The molecule has 0 radical (unpaired) electrons. The Hall–Kier alpha value is -1.93. The van der Waals surface area contributed by atoms with Crippen LogP contribution in [0.4, 0.5) is 14.5 Å². The van der Waals surface area contributed by atoms with Crippen molar-refractivity contribution in [1.82, 2.24) is 0 Å². The van der Waals surface area contributed by atoms with Gasteiger partial charge in [0.05, 0.1) is 5.69 Å². The number of nitriles is 1. The van der Waals surface area contributed by atoms with Crippen LogP contribution in [0.15, 0.2) is 18.2 Å². The quantitative estimate of drug-likeness (QED) is 0.842. The number of nitrogens with two attached hydrogens (primary N) is 1. The van der Waals surface area contributed by atoms with Crippen molar-refractivity contribution in [3.05, 3.63) is 40.3 Å². The molecule has 0 aliphatic rings. The fourth-order valence-electron chi connectivity index (χ4n) is 1.52. The van der Waals surface area contributed by atoms with Crippen LogP contribution < -0.4 is 5.73 Å². The highest BCUT2D eigenvalue weighted by Crippen LogP contribution is 2.37. The summed E-state index contributed by atoms with van der Waals surface area (Å²) in [5.41, 5.74) is 7.39. The van der Waals surface area contributed by atoms with Gasteiger partial charge in [0, 0.05) is 4.88 Å². The number of rotatable bonds is 1. The van der Waals surface area contributed by atoms with Crippen molar-refractivity contribution in [2.45, 2.75) is 6.92 Å². The van der Waals surface area contributed by atoms with Gasteiger partial charge in [0.1, 0.15) is 10.9 Å². The molecular formula is C12H8F2N2S. The molecule has 5 heteroatoms. The molecule has 1 aromatic heterocycles. The fraction of sp³-hybridized carbons (Fsp3) is 0.0833. The highest BCUT2D eigenvalue weighted by molar-refractivity contribution is 7.16. The van der Waals surface area contributed by atoms with E-state index in [-0.39, 0.29) is 0 Å². The van der Waals surface area contributed by atoms with Crippen LogP contribution in [-0.2, 0) is 0 Å². The summed E-state index contributed by atoms with van der Waals surface area (Å²) in [4.78, 5) is 1.08. The van der Waals surface area contributed by atoms with Crippen LogP contribution in [0.3, 0.4) is 0 Å². The zero-order chi connectivity index (χ0) is 12.6. The van der Waals surface area contributed by atoms with Gasteiger partial charge in [-0.3, -0.25) is 0 Å². The number of anilines is 1. The molecule has 2 rings (SSSR count). The molecule has 17 heavy (non-hydrogen) atoms. The van der Waals surface area contributed by atoms with Crippen LogP contribution in [0.25, 0.3) is 10.4 Å². The van der Waals surface area contributed by atoms with Gasteiger partial charge in [-0.2, -0.15) is 5.26 Å². The van der Waals surface area contributed by atoms with E-state index in [0.717, 1.165) is 17.7 Å². The molecule has 0 saturated carbocycles. The minimum atomic E-state index is -0.910. The molecule has 0 fully saturated rings. The summed E-state index contributed by atoms with van der Waals surface area (Å²) in [6, 6.07) is 5.62. The second-order valence-corrected chi connectivity index (χ2v) is 4.56. The zero-order valence-electron chi connectivity index (χ0n) is 8.92. The number of benzene rings is 1. The summed E-state index contributed by atoms with van der Waals surface area (Å²) in [5.74, 6) is -1.80. The van der Waals surface area contributed by atoms with Crippen molar-refractivity contribution in [3.8, 4) is 16.5 Å². The summed E-state index contributed by atoms with van der Waals surface area (Å²) in [6.07, 6.45) is 0. The first-order chi connectivity index (χ1) is 8.04. The molecule has 0 aliphatic heterocycles. The fourth-order valence-corrected chi connectivity index (χ4v) is 2.54. The third kappa shape index (κ3) is 1.87. The maximum absolute atomic E-state index is 13.1. The number of nitrogens with zero attached hydrogens (tertiary/aromatic N) is 1. The van der Waals surface area contributed by atoms with Crippen LogP contribution in [0, 0.1) is 29.9 Å². The lowest BCUT2D eigenvalue weighted by Crippen LogP contribution is -1.88. The van der Waals surface area contributed by atoms with Gasteiger partial charge in [-0.15, -0.1) is 11.3 Å². The van der Waals surface area contributed by atoms with E-state index in [1.165, 1.54) is 17.4 Å². The first-order valence-corrected chi connectivity index (χ1v) is 5.60. The summed E-state index contributed by atoms with van der Waals surface area (Å²) in [5, 5.41) is 8.85. The van der Waals surface area contributed by atoms with Crippen LogP contribution >= 0.6 is 11.3 Å². The van der Waals surface area contributed by atoms with E-state index >= 15 is 0 Å². The molecule has 0 unspecified atom stereocenters. The average molecular weight is 250 g/mol. The largest absolute Gasteiger partial charge is 0.397 e. The molecule has 0 spiro atoms. The lowest BCUT2D eigenvalue weighted by molar-refractivity contribution is 0.509. The Morgan fingerprint density at radius 2 is 2.00 bits per heavy atom. The van der Waals surface area contributed by atoms with Crippen LogP contribution in [0.5, 0.6) is 0 Å². The van der Waals surface area contributed by atoms with Crippen molar-refractivity contribution in [2.75, 3.05) is 5.73 Å². The van der Waals surface area contributed by atoms with Crippen LogP contribution in [0.2, 0.25) is 0 Å². The molecule has 2 N–H and O–H groups in total. The minimum Gasteiger partial charge on any atom is -0.397 e. The maximum atomic E-state index is 13.1. The number of halogens is 2. The van der Waals surface area contributed by atoms with E-state index in [1.807, 2.05) is 6.07 Å². The third-order valence-corrected chi connectivity index (χ3v) is 3.74. The first kappa shape index (κ1) is 11.6. The molecule has 0 amide bonds. The van der Waals surface area contributed by atoms with Gasteiger partial charge in [-0.25, -0.2) is 8.78 Å². The molecule has 0 aliphatic carbocycles. The molecular weight excluding hydrogens is 242 g/mol. The summed E-state index contributed by atoms with van der Waals surface area (Å²) < 4.78 is 25.9. The number of hydrogen-bond donors (Lipinski definition) is 1. The third-order valence-electron chi connectivity index (χ3n) is 2.48. The van der Waals surface area contributed by atoms with E-state index in [1.54, 1.807) is 6.92 Å². The van der Waals surface area contributed by atoms with E-state index in [0.29, 0.717) is 21.0 Å². The normalized spacial score (nSPS) is 10.2. The molecule has 2 aromatic rings. The Kier molecular flexibility index (Phi) is 2.82. The molecule has 86 valence electrons. The van der Waals surface area contributed by atoms with E-state index in [4.69, 9.17) is 11.0 Å². The Morgan fingerprint density at radius 1 is 1.29 bits per heavy atom. The summed E-state index contributed by atoms with van der Waals surface area (Å²) in [7, 11) is 0. The van der Waals surface area contributed by atoms with Crippen LogP contribution in [0.1, 0.15) is 10.4 Å². The highest BCUT2D eigenvalue weighted by atomic mass is 32.1. The summed E-state index contributed by atoms with van der Waals surface area (Å²) >= 11 is 1.18. The number of thiophene rings is 1. The minimum absolute atomic E-state index is 0.391. The first-order valence-electron chi connectivity index (χ1n) is 4.79. The second-order valence-electron chi connectivity index (χ2n) is 3.54. The molecule has 0 bridgehead atoms. The van der Waals surface area contributed by atoms with Gasteiger partial charge in [0.25, 0.3) is 0 Å². The van der Waals surface area contributed by atoms with Crippen molar-refractivity contribution in [1.29, 1.82) is 5.26 Å². The number of nitrogen functional groups attached to an aromatic ring is 1. The van der Waals surface area contributed by atoms with Gasteiger partial charge in [-0.05, 0) is 30.2 Å². The van der Waals surface area contributed by atoms with Crippen molar-refractivity contribution in [2.24, 2.45) is 0 Å². The molecule has 1 heterocycles. The van der Waals surface area contributed by atoms with Gasteiger partial charge in [-0.1, -0.05) is 6.07 Å². The van der Waals surface area contributed by atoms with Crippen molar-refractivity contribution >= 4 is 17.0 Å². The van der Waals surface area contributed by atoms with E-state index < -0.39 is 11.6 Å². The SMILES string of the molecule is Cc1c(-c2ccc(F)c(F)c2)sc(C#N)c1N. The maximum Gasteiger partial charge on any atom is 0.159 e. The van der Waals surface area contributed by atoms with Crippen molar-refractivity contribution in [3.63, 3.8) is 0 Å². The second kappa shape index (κ2) is 4.15. The Morgan fingerprint density at radius 3 is 2.53 bits per heavy atom. The van der Waals surface area contributed by atoms with Gasteiger partial charge in [0.15, 0.2) is 11.6 Å². The van der Waals surface area contributed by atoms with Gasteiger partial charge >= 0.3 is 0 Å². The monoisotopic (exact) mass is 250 g/mol. The average Bonchev–Trinajstić information content (AvgIpc) is 2.60. The highest BCUT2D eigenvalue weighted by Gasteiger charge is 2.14. The molecule has 0 saturated heterocycles. The lowest BCUT2D eigenvalue weighted by atomic mass is 10.1. The Bertz CT molecular complexity index is 626. The number of hydrogen-bond acceptors (Lipinski definition) is 3. The zero-order valence-corrected chi connectivity index (χ0v) is 9.74. The van der Waals surface area contributed by atoms with Gasteiger partial charge in [0.2, 0.25) is 0 Å². The topological polar surface area (TPSA) is 49.8 Å². The molecule has 1 aromatic carbocycles. The molecule has 2 nitrogen and oxygen atoms in total. The standard InChI is InChI=1S/C12H8F2N2S/c1-6-11(16)10(5-15)17-12(6)7-2-3-8(13)9(14)4-7/h2-4H,16H2,1H3. The van der Waals surface area contributed by atoms with Crippen molar-refractivity contribution < 1.29 is 8.78 Å². The van der Waals surface area contributed by atoms with Gasteiger partial charge < -0.3 is 5.73 Å². The summed E-state index contributed by atoms with van der Waals surface area (Å²) in [6.45, 7) is 1.75. The predicted octanol–water partition coefficient (Wildman–Crippen LogP) is 3.46. The Labute approximate surface area is 101 Å². The van der Waals surface area contributed by atoms with Crippen LogP contribution in [-0.4, -0.2) is 0 Å². The lowest BCUT2D eigenvalue weighted by Gasteiger charge is -2.01. The predicted molar refractivity (Wildman–Crippen MR) is 63.5 cm³/mol. The van der Waals surface area contributed by atoms with E-state index in [2.05, 4.69) is 0 Å². The smallest absolute Gasteiger partial charge is 0.159 e.